The Balaban J connectivity index is 1.73. The molecule has 0 unspecified atom stereocenters. The van der Waals surface area contributed by atoms with Crippen LogP contribution in [0.15, 0.2) is 5.51 Å². The number of carboxylic acids is 1. The van der Waals surface area contributed by atoms with Gasteiger partial charge in [-0.3, -0.25) is 15.0 Å². The number of piperazine rings is 1. The van der Waals surface area contributed by atoms with Gasteiger partial charge in [0.2, 0.25) is 5.13 Å². The molecule has 2 rings (SSSR count). The minimum absolute atomic E-state index is 0.136. The second-order valence-electron chi connectivity index (χ2n) is 4.15. The van der Waals surface area contributed by atoms with Gasteiger partial charge in [-0.15, -0.1) is 10.2 Å². The summed E-state index contributed by atoms with van der Waals surface area (Å²) < 4.78 is 0. The molecule has 8 nitrogen and oxygen atoms in total. The van der Waals surface area contributed by atoms with Gasteiger partial charge in [0, 0.05) is 32.7 Å². The summed E-state index contributed by atoms with van der Waals surface area (Å²) in [6.07, 6.45) is 0.136. The predicted molar refractivity (Wildman–Crippen MR) is 69.2 cm³/mol. The zero-order valence-corrected chi connectivity index (χ0v) is 11.1. The summed E-state index contributed by atoms with van der Waals surface area (Å²) in [5.74, 6) is -0.795. The molecule has 2 N–H and O–H groups in total. The minimum Gasteiger partial charge on any atom is -0.481 e. The Morgan fingerprint density at radius 2 is 2.11 bits per heavy atom. The lowest BCUT2D eigenvalue weighted by Gasteiger charge is -2.34. The summed E-state index contributed by atoms with van der Waals surface area (Å²) in [6.45, 7) is 3.09. The summed E-state index contributed by atoms with van der Waals surface area (Å²) in [6, 6.07) is -0.186. The molecule has 2 amide bonds. The van der Waals surface area contributed by atoms with Crippen LogP contribution in [0.2, 0.25) is 0 Å². The van der Waals surface area contributed by atoms with E-state index in [4.69, 9.17) is 5.11 Å². The van der Waals surface area contributed by atoms with Crippen LogP contribution in [0.25, 0.3) is 0 Å². The SMILES string of the molecule is O=C(O)CCN1CCN(C(=O)Nc2nncs2)CC1. The lowest BCUT2D eigenvalue weighted by molar-refractivity contribution is -0.137. The normalized spacial score (nSPS) is 16.3. The molecule has 1 aromatic heterocycles. The van der Waals surface area contributed by atoms with Crippen LogP contribution in [0, 0.1) is 0 Å². The fraction of sp³-hybridized carbons (Fsp3) is 0.600. The van der Waals surface area contributed by atoms with Crippen molar-refractivity contribution >= 4 is 28.5 Å². The first-order valence-electron chi connectivity index (χ1n) is 5.91. The third kappa shape index (κ3) is 4.14. The highest BCUT2D eigenvalue weighted by molar-refractivity contribution is 7.13. The average molecular weight is 285 g/mol. The molecule has 0 saturated carbocycles. The topological polar surface area (TPSA) is 98.7 Å². The van der Waals surface area contributed by atoms with Gasteiger partial charge in [0.15, 0.2) is 0 Å². The largest absolute Gasteiger partial charge is 0.481 e. The van der Waals surface area contributed by atoms with Crippen LogP contribution in [0.3, 0.4) is 0 Å². The molecule has 1 aliphatic heterocycles. The number of nitrogens with zero attached hydrogens (tertiary/aromatic N) is 4. The van der Waals surface area contributed by atoms with Crippen molar-refractivity contribution < 1.29 is 14.7 Å². The monoisotopic (exact) mass is 285 g/mol. The first-order chi connectivity index (χ1) is 9.15. The number of aliphatic carboxylic acids is 1. The first kappa shape index (κ1) is 13.7. The quantitative estimate of drug-likeness (QED) is 0.818. The molecule has 0 bridgehead atoms. The van der Waals surface area contributed by atoms with E-state index >= 15 is 0 Å². The second kappa shape index (κ2) is 6.43. The van der Waals surface area contributed by atoms with E-state index in [1.807, 2.05) is 4.90 Å². The van der Waals surface area contributed by atoms with Crippen LogP contribution in [0.5, 0.6) is 0 Å². The maximum atomic E-state index is 11.9. The number of urea groups is 1. The van der Waals surface area contributed by atoms with E-state index < -0.39 is 5.97 Å². The van der Waals surface area contributed by atoms with Gasteiger partial charge in [-0.05, 0) is 0 Å². The third-order valence-corrected chi connectivity index (χ3v) is 3.48. The first-order valence-corrected chi connectivity index (χ1v) is 6.79. The number of rotatable bonds is 4. The molecule has 1 saturated heterocycles. The highest BCUT2D eigenvalue weighted by Crippen LogP contribution is 2.10. The molecule has 0 atom stereocenters. The number of aromatic nitrogens is 2. The molecular formula is C10H15N5O3S. The van der Waals surface area contributed by atoms with Crippen LogP contribution >= 0.6 is 11.3 Å². The van der Waals surface area contributed by atoms with Crippen molar-refractivity contribution in [2.24, 2.45) is 0 Å². The zero-order valence-electron chi connectivity index (χ0n) is 10.3. The third-order valence-electron chi connectivity index (χ3n) is 2.88. The van der Waals surface area contributed by atoms with Gasteiger partial charge in [-0.1, -0.05) is 11.3 Å². The molecule has 1 fully saturated rings. The van der Waals surface area contributed by atoms with Crippen LogP contribution in [0.4, 0.5) is 9.93 Å². The smallest absolute Gasteiger partial charge is 0.323 e. The van der Waals surface area contributed by atoms with E-state index in [1.54, 1.807) is 10.4 Å². The molecule has 19 heavy (non-hydrogen) atoms. The van der Waals surface area contributed by atoms with Crippen molar-refractivity contribution in [1.82, 2.24) is 20.0 Å². The Labute approximate surface area is 114 Å². The number of carbonyl (C=O) groups is 2. The Kier molecular flexibility index (Phi) is 4.63. The number of hydrogen-bond donors (Lipinski definition) is 2. The number of anilines is 1. The number of hydrogen-bond acceptors (Lipinski definition) is 6. The van der Waals surface area contributed by atoms with E-state index in [-0.39, 0.29) is 12.5 Å². The minimum atomic E-state index is -0.795. The Morgan fingerprint density at radius 1 is 1.37 bits per heavy atom. The molecule has 9 heteroatoms. The molecule has 0 aliphatic carbocycles. The van der Waals surface area contributed by atoms with Gasteiger partial charge in [-0.25, -0.2) is 4.79 Å². The molecule has 104 valence electrons. The van der Waals surface area contributed by atoms with E-state index in [2.05, 4.69) is 15.5 Å². The van der Waals surface area contributed by atoms with Crippen LogP contribution in [0.1, 0.15) is 6.42 Å². The van der Waals surface area contributed by atoms with Crippen molar-refractivity contribution in [3.05, 3.63) is 5.51 Å². The molecule has 1 aliphatic rings. The van der Waals surface area contributed by atoms with E-state index in [1.165, 1.54) is 11.3 Å². The lowest BCUT2D eigenvalue weighted by Crippen LogP contribution is -2.50. The summed E-state index contributed by atoms with van der Waals surface area (Å²) in [5.41, 5.74) is 1.56. The van der Waals surface area contributed by atoms with Crippen molar-refractivity contribution in [3.63, 3.8) is 0 Å². The highest BCUT2D eigenvalue weighted by atomic mass is 32.1. The van der Waals surface area contributed by atoms with Crippen molar-refractivity contribution in [2.75, 3.05) is 38.0 Å². The van der Waals surface area contributed by atoms with E-state index in [0.717, 1.165) is 0 Å². The maximum absolute atomic E-state index is 11.9. The van der Waals surface area contributed by atoms with Gasteiger partial charge in [-0.2, -0.15) is 0 Å². The van der Waals surface area contributed by atoms with Crippen LogP contribution < -0.4 is 5.32 Å². The second-order valence-corrected chi connectivity index (χ2v) is 4.98. The standard InChI is InChI=1S/C10H15N5O3S/c16-8(17)1-2-14-3-5-15(6-4-14)10(18)12-9-13-11-7-19-9/h7H,1-6H2,(H,16,17)(H,12,13,18). The molecular weight excluding hydrogens is 270 g/mol. The fourth-order valence-corrected chi connectivity index (χ4v) is 2.26. The molecule has 1 aromatic rings. The Hall–Kier alpha value is -1.74. The Morgan fingerprint density at radius 3 is 2.68 bits per heavy atom. The summed E-state index contributed by atoms with van der Waals surface area (Å²) in [4.78, 5) is 26.1. The molecule has 0 aromatic carbocycles. The van der Waals surface area contributed by atoms with Gasteiger partial charge < -0.3 is 10.0 Å². The maximum Gasteiger partial charge on any atom is 0.323 e. The number of carbonyl (C=O) groups excluding carboxylic acids is 1. The lowest BCUT2D eigenvalue weighted by atomic mass is 10.3. The van der Waals surface area contributed by atoms with Crippen molar-refractivity contribution in [3.8, 4) is 0 Å². The summed E-state index contributed by atoms with van der Waals surface area (Å²) in [7, 11) is 0. The Bertz CT molecular complexity index is 430. The van der Waals surface area contributed by atoms with Crippen LogP contribution in [-0.2, 0) is 4.79 Å². The zero-order chi connectivity index (χ0) is 13.7. The molecule has 0 radical (unpaired) electrons. The number of carboxylic acid groups (broad SMARTS) is 1. The molecule has 0 spiro atoms. The summed E-state index contributed by atoms with van der Waals surface area (Å²) in [5, 5.41) is 19.2. The highest BCUT2D eigenvalue weighted by Gasteiger charge is 2.21. The van der Waals surface area contributed by atoms with Crippen molar-refractivity contribution in [2.45, 2.75) is 6.42 Å². The van der Waals surface area contributed by atoms with E-state index in [0.29, 0.717) is 37.9 Å². The predicted octanol–water partition coefficient (Wildman–Crippen LogP) is 0.162. The number of nitrogens with one attached hydrogen (secondary N) is 1. The van der Waals surface area contributed by atoms with Crippen LogP contribution in [-0.4, -0.2) is 69.8 Å². The summed E-state index contributed by atoms with van der Waals surface area (Å²) >= 11 is 1.27. The van der Waals surface area contributed by atoms with Gasteiger partial charge in [0.1, 0.15) is 5.51 Å². The van der Waals surface area contributed by atoms with Crippen molar-refractivity contribution in [1.29, 1.82) is 0 Å². The number of amides is 2. The van der Waals surface area contributed by atoms with Gasteiger partial charge >= 0.3 is 12.0 Å². The average Bonchev–Trinajstić information content (AvgIpc) is 2.89. The van der Waals surface area contributed by atoms with Gasteiger partial charge in [0.25, 0.3) is 0 Å². The fourth-order valence-electron chi connectivity index (χ4n) is 1.83. The van der Waals surface area contributed by atoms with E-state index in [9.17, 15) is 9.59 Å². The van der Waals surface area contributed by atoms with Gasteiger partial charge in [0.05, 0.1) is 6.42 Å². The molecule has 2 heterocycles.